The summed E-state index contributed by atoms with van der Waals surface area (Å²) in [4.78, 5) is 12.1. The standard InChI is InChI=1S/C66H123NO27S/c1-20-45-49(40(3)41(4)62(88-45)92-51-43(6)87-64(59(75-17)55(51)71-13)94-54-47(38-69-11)90-61(77-19)42(5)50(54)70-12)91-63-58(74-16)56(72-14)52(44(7)86-63)93-65-60(76-18)57(73-15)53(46(21-2)89-65)85-35-34-82-29-28-79-25-24-78-23-22-67-48(68)39-84-33-32-81-27-26-80-30-31-83-36-37-95-66(8,9)10/h40-47,49-65H,20-39H2,1-19H3,(H,67,68)/t40-,41-,42-,43+,44-,45-,46-,47-,49+,50-,51-,52-,53-,54-,55+,56+,57+,58-,59-,60-,61+,62-,63+,64+,65-/m1/s1. The van der Waals surface area contributed by atoms with Crippen molar-refractivity contribution < 1.29 is 128 Å². The second-order valence-corrected chi connectivity index (χ2v) is 27.2. The first kappa shape index (κ1) is 84.4. The van der Waals surface area contributed by atoms with E-state index in [4.69, 9.17) is 123 Å². The van der Waals surface area contributed by atoms with Crippen LogP contribution >= 0.6 is 11.8 Å². The van der Waals surface area contributed by atoms with E-state index in [0.717, 1.165) is 5.75 Å². The van der Waals surface area contributed by atoms with Crippen molar-refractivity contribution in [3.05, 3.63) is 0 Å². The second-order valence-electron chi connectivity index (χ2n) is 25.3. The molecule has 0 aromatic heterocycles. The van der Waals surface area contributed by atoms with Crippen molar-refractivity contribution in [1.29, 1.82) is 0 Å². The van der Waals surface area contributed by atoms with Crippen LogP contribution in [0.1, 0.15) is 82.1 Å². The minimum atomic E-state index is -0.899. The van der Waals surface area contributed by atoms with Gasteiger partial charge in [-0.05, 0) is 32.6 Å². The zero-order valence-corrected chi connectivity index (χ0v) is 61.3. The summed E-state index contributed by atoms with van der Waals surface area (Å²) in [6, 6.07) is 0. The van der Waals surface area contributed by atoms with E-state index in [1.165, 1.54) is 0 Å². The molecule has 0 aromatic rings. The van der Waals surface area contributed by atoms with E-state index in [1.54, 1.807) is 64.0 Å². The molecule has 28 nitrogen and oxygen atoms in total. The van der Waals surface area contributed by atoms with Crippen LogP contribution in [0.15, 0.2) is 0 Å². The van der Waals surface area contributed by atoms with E-state index in [1.807, 2.05) is 39.5 Å². The molecule has 1 N–H and O–H groups in total. The topological polar surface area (TPSA) is 269 Å². The summed E-state index contributed by atoms with van der Waals surface area (Å²) in [5.74, 6) is 0.297. The minimum Gasteiger partial charge on any atom is -0.382 e. The van der Waals surface area contributed by atoms with Gasteiger partial charge in [0.2, 0.25) is 5.91 Å². The van der Waals surface area contributed by atoms with Gasteiger partial charge in [-0.15, -0.1) is 0 Å². The third-order valence-electron chi connectivity index (χ3n) is 17.8. The van der Waals surface area contributed by atoms with Gasteiger partial charge < -0.3 is 128 Å². The molecule has 25 atom stereocenters. The molecule has 5 aliphatic heterocycles. The summed E-state index contributed by atoms with van der Waals surface area (Å²) in [7, 11) is 14.5. The Labute approximate surface area is 570 Å². The zero-order valence-electron chi connectivity index (χ0n) is 60.5. The van der Waals surface area contributed by atoms with Gasteiger partial charge in [0.15, 0.2) is 31.5 Å². The molecule has 560 valence electrons. The van der Waals surface area contributed by atoms with E-state index < -0.39 is 135 Å². The molecule has 0 aromatic carbocycles. The van der Waals surface area contributed by atoms with Crippen molar-refractivity contribution >= 4 is 17.7 Å². The highest BCUT2D eigenvalue weighted by Gasteiger charge is 2.56. The van der Waals surface area contributed by atoms with E-state index in [2.05, 4.69) is 46.9 Å². The fourth-order valence-electron chi connectivity index (χ4n) is 12.6. The van der Waals surface area contributed by atoms with Crippen molar-refractivity contribution in [2.24, 2.45) is 17.8 Å². The number of methoxy groups -OCH3 is 9. The van der Waals surface area contributed by atoms with Crippen molar-refractivity contribution in [3.63, 3.8) is 0 Å². The van der Waals surface area contributed by atoms with Crippen molar-refractivity contribution in [2.45, 2.75) is 222 Å². The first-order valence-electron chi connectivity index (χ1n) is 34.0. The summed E-state index contributed by atoms with van der Waals surface area (Å²) in [5.41, 5.74) is 0. The van der Waals surface area contributed by atoms with Crippen LogP contribution in [0.4, 0.5) is 0 Å². The van der Waals surface area contributed by atoms with E-state index in [-0.39, 0.29) is 48.2 Å². The number of rotatable bonds is 47. The molecule has 29 heteroatoms. The molecule has 0 unspecified atom stereocenters. The Kier molecular flexibility index (Phi) is 40.6. The molecule has 1 amide bonds. The highest BCUT2D eigenvalue weighted by atomic mass is 32.2. The van der Waals surface area contributed by atoms with Gasteiger partial charge in [0.1, 0.15) is 73.8 Å². The largest absolute Gasteiger partial charge is 0.382 e. The molecule has 95 heavy (non-hydrogen) atoms. The summed E-state index contributed by atoms with van der Waals surface area (Å²) >= 11 is 1.88. The average Bonchev–Trinajstić information content (AvgIpc) is 0.784. The van der Waals surface area contributed by atoms with Crippen LogP contribution in [0.2, 0.25) is 0 Å². The van der Waals surface area contributed by atoms with Crippen LogP contribution in [0.25, 0.3) is 0 Å². The van der Waals surface area contributed by atoms with Crippen LogP contribution in [0, 0.1) is 17.8 Å². The SMILES string of the molecule is CC[C@H]1O[C@H](O[C@H]2[C@H](OC)[C@@H](OC)[C@H](O[C@H]3[C@H](OC)[C@@H](C)[C@@H](OC)O[C@@H]3COC)O[C@H]2C)[C@H](C)[C@@H](C)[C@@H]1O[C@@H]1O[C@H](C)[C@@H](O[C@H]2O[C@H](CC)[C@@H](OCCOCCOCCOCCNC(=O)COCCOCCOCCOCCSC(C)(C)C)[C@H](OC)[C@H]2OC)[C@H](OC)[C@H]1OC. The van der Waals surface area contributed by atoms with Crippen LogP contribution in [-0.2, 0) is 128 Å². The monoisotopic (exact) mass is 1390 g/mol. The molecule has 5 aliphatic rings. The Morgan fingerprint density at radius 2 is 0.779 bits per heavy atom. The van der Waals surface area contributed by atoms with E-state index in [0.29, 0.717) is 105 Å². The van der Waals surface area contributed by atoms with Gasteiger partial charge in [-0.1, -0.05) is 55.4 Å². The third-order valence-corrected chi connectivity index (χ3v) is 19.1. The predicted octanol–water partition coefficient (Wildman–Crippen LogP) is 4.47. The highest BCUT2D eigenvalue weighted by Crippen LogP contribution is 2.42. The molecule has 5 saturated heterocycles. The predicted molar refractivity (Wildman–Crippen MR) is 347 cm³/mol. The summed E-state index contributed by atoms with van der Waals surface area (Å²) in [5, 5.41) is 2.77. The average molecular weight is 1390 g/mol. The summed E-state index contributed by atoms with van der Waals surface area (Å²) < 4.78 is 160. The maximum Gasteiger partial charge on any atom is 0.246 e. The molecule has 0 spiro atoms. The van der Waals surface area contributed by atoms with Gasteiger partial charge in [0.05, 0.1) is 136 Å². The summed E-state index contributed by atoms with van der Waals surface area (Å²) in [6.45, 7) is 27.0. The Morgan fingerprint density at radius 3 is 1.25 bits per heavy atom. The molecule has 5 fully saturated rings. The van der Waals surface area contributed by atoms with Crippen molar-refractivity contribution in [3.8, 4) is 0 Å². The lowest BCUT2D eigenvalue weighted by Gasteiger charge is -2.52. The molecular formula is C66H123NO27S. The lowest BCUT2D eigenvalue weighted by Crippen LogP contribution is -2.66. The van der Waals surface area contributed by atoms with Crippen molar-refractivity contribution in [2.75, 3.05) is 182 Å². The van der Waals surface area contributed by atoms with E-state index in [9.17, 15) is 4.79 Å². The molecular weight excluding hydrogens is 1270 g/mol. The number of amides is 1. The molecule has 5 rings (SSSR count). The molecule has 5 heterocycles. The van der Waals surface area contributed by atoms with Crippen LogP contribution < -0.4 is 5.32 Å². The van der Waals surface area contributed by atoms with Gasteiger partial charge in [-0.2, -0.15) is 11.8 Å². The first-order chi connectivity index (χ1) is 45.8. The first-order valence-corrected chi connectivity index (χ1v) is 35.0. The molecule has 0 bridgehead atoms. The van der Waals surface area contributed by atoms with Gasteiger partial charge >= 0.3 is 0 Å². The van der Waals surface area contributed by atoms with Gasteiger partial charge in [0.25, 0.3) is 0 Å². The van der Waals surface area contributed by atoms with Crippen molar-refractivity contribution in [1.82, 2.24) is 5.32 Å². The number of carbonyl (C=O) groups excluding carboxylic acids is 1. The number of hydrogen-bond donors (Lipinski definition) is 1. The third kappa shape index (κ3) is 25.9. The Bertz CT molecular complexity index is 1990. The van der Waals surface area contributed by atoms with Crippen LogP contribution in [0.3, 0.4) is 0 Å². The normalized spacial score (nSPS) is 36.4. The molecule has 0 saturated carbocycles. The Hall–Kier alpha value is -1.22. The molecule has 0 aliphatic carbocycles. The van der Waals surface area contributed by atoms with Gasteiger partial charge in [-0.25, -0.2) is 0 Å². The fourth-order valence-corrected chi connectivity index (χ4v) is 13.4. The lowest BCUT2D eigenvalue weighted by molar-refractivity contribution is -0.385. The number of carbonyl (C=O) groups is 1. The quantitative estimate of drug-likeness (QED) is 0.0824. The zero-order chi connectivity index (χ0) is 69.5. The second kappa shape index (κ2) is 45.7. The Morgan fingerprint density at radius 1 is 0.379 bits per heavy atom. The highest BCUT2D eigenvalue weighted by molar-refractivity contribution is 8.00. The van der Waals surface area contributed by atoms with Crippen LogP contribution in [-0.4, -0.2) is 328 Å². The summed E-state index contributed by atoms with van der Waals surface area (Å²) in [6.07, 6.45) is -12.3. The molecule has 0 radical (unpaired) electrons. The number of thioether (sulfide) groups is 1. The fraction of sp³-hybridized carbons (Fsp3) is 0.985. The maximum absolute atomic E-state index is 12.1. The minimum absolute atomic E-state index is 0.0595. The number of ether oxygens (including phenoxy) is 26. The van der Waals surface area contributed by atoms with Gasteiger partial charge in [0, 0.05) is 92.9 Å². The van der Waals surface area contributed by atoms with Gasteiger partial charge in [-0.3, -0.25) is 4.79 Å². The number of nitrogens with one attached hydrogen (secondary N) is 1. The Balaban J connectivity index is 1.01. The lowest BCUT2D eigenvalue weighted by atomic mass is 9.83. The smallest absolute Gasteiger partial charge is 0.246 e. The van der Waals surface area contributed by atoms with Crippen LogP contribution in [0.5, 0.6) is 0 Å². The van der Waals surface area contributed by atoms with E-state index >= 15 is 0 Å². The number of hydrogen-bond acceptors (Lipinski definition) is 28. The maximum atomic E-state index is 12.1.